The number of hydrogen-bond acceptors (Lipinski definition) is 5. The summed E-state index contributed by atoms with van der Waals surface area (Å²) >= 11 is 0. The highest BCUT2D eigenvalue weighted by atomic mass is 16.5. The average Bonchev–Trinajstić information content (AvgIpc) is 2.41. The van der Waals surface area contributed by atoms with Gasteiger partial charge in [-0.25, -0.2) is 0 Å². The smallest absolute Gasteiger partial charge is 0.151 e. The quantitative estimate of drug-likeness (QED) is 0.793. The average molecular weight is 250 g/mol. The molecule has 0 aromatic carbocycles. The largest absolute Gasteiger partial charge is 0.378 e. The Kier molecular flexibility index (Phi) is 4.90. The van der Waals surface area contributed by atoms with Crippen molar-refractivity contribution in [3.05, 3.63) is 17.8 Å². The maximum atomic E-state index is 5.78. The number of nitrogens with zero attached hydrogens (tertiary/aromatic N) is 3. The predicted octanol–water partition coefficient (Wildman–Crippen LogP) is 1.12. The molecule has 1 aliphatic rings. The fourth-order valence-corrected chi connectivity index (χ4v) is 2.15. The number of aryl methyl sites for hydroxylation is 1. The van der Waals surface area contributed by atoms with Crippen LogP contribution < -0.4 is 10.6 Å². The summed E-state index contributed by atoms with van der Waals surface area (Å²) in [7, 11) is 0. The van der Waals surface area contributed by atoms with Gasteiger partial charge in [-0.1, -0.05) is 0 Å². The Morgan fingerprint density at radius 2 is 2.11 bits per heavy atom. The van der Waals surface area contributed by atoms with Crippen LogP contribution in [-0.2, 0) is 4.74 Å². The van der Waals surface area contributed by atoms with E-state index in [1.54, 1.807) is 0 Å². The fraction of sp³-hybridized carbons (Fsp3) is 0.692. The van der Waals surface area contributed by atoms with Gasteiger partial charge in [0.25, 0.3) is 0 Å². The van der Waals surface area contributed by atoms with Crippen molar-refractivity contribution in [2.24, 2.45) is 5.73 Å². The molecule has 0 saturated carbocycles. The number of aromatic nitrogens is 2. The van der Waals surface area contributed by atoms with Crippen LogP contribution in [0.15, 0.2) is 12.1 Å². The molecule has 1 aromatic rings. The zero-order valence-corrected chi connectivity index (χ0v) is 11.0. The Bertz CT molecular complexity index is 347. The minimum Gasteiger partial charge on any atom is -0.378 e. The van der Waals surface area contributed by atoms with Gasteiger partial charge in [-0.3, -0.25) is 0 Å². The zero-order valence-electron chi connectivity index (χ0n) is 11.0. The van der Waals surface area contributed by atoms with Crippen LogP contribution in [0.25, 0.3) is 0 Å². The van der Waals surface area contributed by atoms with Crippen LogP contribution in [0.3, 0.4) is 0 Å². The van der Waals surface area contributed by atoms with Crippen molar-refractivity contribution >= 4 is 5.82 Å². The molecule has 1 aromatic heterocycles. The highest BCUT2D eigenvalue weighted by molar-refractivity contribution is 5.37. The molecule has 1 aliphatic heterocycles. The third kappa shape index (κ3) is 3.65. The third-order valence-electron chi connectivity index (χ3n) is 3.25. The van der Waals surface area contributed by atoms with E-state index in [4.69, 9.17) is 10.5 Å². The van der Waals surface area contributed by atoms with Crippen molar-refractivity contribution in [3.63, 3.8) is 0 Å². The lowest BCUT2D eigenvalue weighted by atomic mass is 10.1. The number of rotatable bonds is 5. The summed E-state index contributed by atoms with van der Waals surface area (Å²) in [5.41, 5.74) is 6.41. The first-order valence-electron chi connectivity index (χ1n) is 6.66. The number of ether oxygens (including phenoxy) is 1. The zero-order chi connectivity index (χ0) is 12.8. The second kappa shape index (κ2) is 6.66. The second-order valence-electron chi connectivity index (χ2n) is 4.73. The molecule has 5 nitrogen and oxygen atoms in total. The van der Waals surface area contributed by atoms with Crippen molar-refractivity contribution in [3.8, 4) is 0 Å². The van der Waals surface area contributed by atoms with Crippen molar-refractivity contribution in [2.75, 3.05) is 31.1 Å². The number of hydrogen-bond donors (Lipinski definition) is 1. The van der Waals surface area contributed by atoms with Crippen molar-refractivity contribution in [1.82, 2.24) is 10.2 Å². The van der Waals surface area contributed by atoms with E-state index < -0.39 is 0 Å². The summed E-state index contributed by atoms with van der Waals surface area (Å²) in [5.74, 6) is 0.973. The van der Waals surface area contributed by atoms with Gasteiger partial charge in [0.2, 0.25) is 0 Å². The van der Waals surface area contributed by atoms with E-state index >= 15 is 0 Å². The van der Waals surface area contributed by atoms with Gasteiger partial charge >= 0.3 is 0 Å². The van der Waals surface area contributed by atoms with Crippen LogP contribution in [0.4, 0.5) is 5.82 Å². The Hall–Kier alpha value is -1.20. The Labute approximate surface area is 108 Å². The highest BCUT2D eigenvalue weighted by Gasteiger charge is 2.20. The Morgan fingerprint density at radius 3 is 2.72 bits per heavy atom. The summed E-state index contributed by atoms with van der Waals surface area (Å²) in [5, 5.41) is 8.32. The van der Waals surface area contributed by atoms with Crippen LogP contribution in [0.2, 0.25) is 0 Å². The maximum absolute atomic E-state index is 5.78. The minimum absolute atomic E-state index is 0.381. The van der Waals surface area contributed by atoms with Crippen LogP contribution >= 0.6 is 0 Å². The topological polar surface area (TPSA) is 64.3 Å². The predicted molar refractivity (Wildman–Crippen MR) is 71.6 cm³/mol. The van der Waals surface area contributed by atoms with Crippen molar-refractivity contribution in [2.45, 2.75) is 32.3 Å². The van der Waals surface area contributed by atoms with Gasteiger partial charge in [-0.15, -0.1) is 5.10 Å². The Morgan fingerprint density at radius 1 is 1.33 bits per heavy atom. The SMILES string of the molecule is Cc1ccc(N2CCC(OCCCN)CC2)nn1. The van der Waals surface area contributed by atoms with Gasteiger partial charge in [-0.2, -0.15) is 5.10 Å². The third-order valence-corrected chi connectivity index (χ3v) is 3.25. The molecule has 5 heteroatoms. The molecule has 0 aliphatic carbocycles. The van der Waals surface area contributed by atoms with Gasteiger partial charge in [0.1, 0.15) is 0 Å². The molecule has 0 radical (unpaired) electrons. The molecule has 2 N–H and O–H groups in total. The first-order chi connectivity index (χ1) is 8.79. The standard InChI is InChI=1S/C13H22N4O/c1-11-3-4-13(16-15-11)17-8-5-12(6-9-17)18-10-2-7-14/h3-4,12H,2,5-10,14H2,1H3. The molecular formula is C13H22N4O. The summed E-state index contributed by atoms with van der Waals surface area (Å²) < 4.78 is 5.78. The van der Waals surface area contributed by atoms with Crippen LogP contribution in [0.1, 0.15) is 25.0 Å². The molecule has 2 heterocycles. The maximum Gasteiger partial charge on any atom is 0.151 e. The van der Waals surface area contributed by atoms with Crippen molar-refractivity contribution < 1.29 is 4.74 Å². The van der Waals surface area contributed by atoms with Crippen molar-refractivity contribution in [1.29, 1.82) is 0 Å². The summed E-state index contributed by atoms with van der Waals surface area (Å²) in [6.45, 7) is 5.42. The van der Waals surface area contributed by atoms with Crippen LogP contribution in [0.5, 0.6) is 0 Å². The van der Waals surface area contributed by atoms with E-state index in [1.807, 2.05) is 19.1 Å². The van der Waals surface area contributed by atoms with E-state index in [0.717, 1.165) is 50.5 Å². The monoisotopic (exact) mass is 250 g/mol. The van der Waals surface area contributed by atoms with E-state index in [0.29, 0.717) is 12.6 Å². The Balaban J connectivity index is 1.77. The van der Waals surface area contributed by atoms with E-state index in [1.165, 1.54) is 0 Å². The first kappa shape index (κ1) is 13.2. The molecule has 18 heavy (non-hydrogen) atoms. The van der Waals surface area contributed by atoms with Gasteiger partial charge in [0, 0.05) is 19.7 Å². The van der Waals surface area contributed by atoms with Gasteiger partial charge in [0.05, 0.1) is 11.8 Å². The van der Waals surface area contributed by atoms with E-state index in [9.17, 15) is 0 Å². The first-order valence-corrected chi connectivity index (χ1v) is 6.66. The molecule has 1 saturated heterocycles. The highest BCUT2D eigenvalue weighted by Crippen LogP contribution is 2.19. The molecule has 0 bridgehead atoms. The number of piperidine rings is 1. The minimum atomic E-state index is 0.381. The number of anilines is 1. The molecule has 0 spiro atoms. The fourth-order valence-electron chi connectivity index (χ4n) is 2.15. The lowest BCUT2D eigenvalue weighted by Crippen LogP contribution is -2.37. The summed E-state index contributed by atoms with van der Waals surface area (Å²) in [6, 6.07) is 4.05. The molecule has 100 valence electrons. The van der Waals surface area contributed by atoms with Gasteiger partial charge < -0.3 is 15.4 Å². The van der Waals surface area contributed by atoms with Gasteiger partial charge in [0.15, 0.2) is 5.82 Å². The molecule has 1 fully saturated rings. The number of nitrogens with two attached hydrogens (primary N) is 1. The molecule has 0 atom stereocenters. The normalized spacial score (nSPS) is 17.1. The van der Waals surface area contributed by atoms with Crippen LogP contribution in [0, 0.1) is 6.92 Å². The molecule has 2 rings (SSSR count). The summed E-state index contributed by atoms with van der Waals surface area (Å²) in [6.07, 6.45) is 3.44. The summed E-state index contributed by atoms with van der Waals surface area (Å²) in [4.78, 5) is 2.27. The lowest BCUT2D eigenvalue weighted by molar-refractivity contribution is 0.0365. The molecular weight excluding hydrogens is 228 g/mol. The van der Waals surface area contributed by atoms with Gasteiger partial charge in [-0.05, 0) is 44.9 Å². The van der Waals surface area contributed by atoms with Crippen LogP contribution in [-0.4, -0.2) is 42.5 Å². The second-order valence-corrected chi connectivity index (χ2v) is 4.73. The van der Waals surface area contributed by atoms with E-state index in [-0.39, 0.29) is 0 Å². The lowest BCUT2D eigenvalue weighted by Gasteiger charge is -2.32. The van der Waals surface area contributed by atoms with E-state index in [2.05, 4.69) is 15.1 Å². The molecule has 0 amide bonds. The molecule has 0 unspecified atom stereocenters.